The maximum absolute atomic E-state index is 12.4. The minimum Gasteiger partial charge on any atom is -0.493 e. The zero-order chi connectivity index (χ0) is 22.1. The van der Waals surface area contributed by atoms with Crippen LogP contribution < -0.4 is 19.5 Å². The highest BCUT2D eigenvalue weighted by Crippen LogP contribution is 2.40. The first-order chi connectivity index (χ1) is 15.1. The Balaban J connectivity index is 1.61. The van der Waals surface area contributed by atoms with E-state index in [1.165, 1.54) is 16.5 Å². The Bertz CT molecular complexity index is 1030. The molecule has 5 nitrogen and oxygen atoms in total. The van der Waals surface area contributed by atoms with Crippen molar-refractivity contribution < 1.29 is 19.0 Å². The summed E-state index contributed by atoms with van der Waals surface area (Å²) in [5.41, 5.74) is 2.64. The molecule has 0 saturated heterocycles. The first-order valence-electron chi connectivity index (χ1n) is 9.69. The lowest BCUT2D eigenvalue weighted by atomic mass is 10.1. The van der Waals surface area contributed by atoms with Crippen LogP contribution in [0, 0.1) is 0 Å². The van der Waals surface area contributed by atoms with Crippen LogP contribution in [0.1, 0.15) is 11.1 Å². The summed E-state index contributed by atoms with van der Waals surface area (Å²) >= 11 is 1.78. The molecule has 1 amide bonds. The summed E-state index contributed by atoms with van der Waals surface area (Å²) in [6, 6.07) is 21.7. The average molecular weight is 436 g/mol. The molecule has 160 valence electrons. The standard InChI is InChI=1S/C25H25NO4S/c1-28-22-15-11-19(24(29-2)25(22)30-3)12-16-23(27)26-20-13-9-18(10-14-20)17-31-21-7-5-4-6-8-21/h4-16H,17H2,1-3H3,(H,26,27)/b16-12+. The van der Waals surface area contributed by atoms with Crippen LogP contribution in [0.25, 0.3) is 6.08 Å². The third-order valence-corrected chi connectivity index (χ3v) is 5.60. The van der Waals surface area contributed by atoms with Gasteiger partial charge in [-0.1, -0.05) is 30.3 Å². The van der Waals surface area contributed by atoms with Gasteiger partial charge in [-0.05, 0) is 48.0 Å². The highest BCUT2D eigenvalue weighted by atomic mass is 32.2. The summed E-state index contributed by atoms with van der Waals surface area (Å²) in [4.78, 5) is 13.6. The zero-order valence-electron chi connectivity index (χ0n) is 17.8. The summed E-state index contributed by atoms with van der Waals surface area (Å²) in [5, 5.41) is 2.87. The van der Waals surface area contributed by atoms with Crippen molar-refractivity contribution in [1.82, 2.24) is 0 Å². The maximum Gasteiger partial charge on any atom is 0.248 e. The lowest BCUT2D eigenvalue weighted by molar-refractivity contribution is -0.111. The Labute approximate surface area is 187 Å². The Morgan fingerprint density at radius 2 is 1.58 bits per heavy atom. The van der Waals surface area contributed by atoms with Crippen LogP contribution in [-0.4, -0.2) is 27.2 Å². The number of nitrogens with one attached hydrogen (secondary N) is 1. The summed E-state index contributed by atoms with van der Waals surface area (Å²) in [7, 11) is 4.65. The van der Waals surface area contributed by atoms with Gasteiger partial charge in [0.25, 0.3) is 0 Å². The molecule has 3 rings (SSSR count). The van der Waals surface area contributed by atoms with E-state index in [9.17, 15) is 4.79 Å². The number of hydrogen-bond donors (Lipinski definition) is 1. The number of ether oxygens (including phenoxy) is 3. The smallest absolute Gasteiger partial charge is 0.248 e. The van der Waals surface area contributed by atoms with E-state index in [0.29, 0.717) is 22.8 Å². The molecule has 0 aliphatic heterocycles. The van der Waals surface area contributed by atoms with Crippen molar-refractivity contribution in [3.8, 4) is 17.2 Å². The molecule has 6 heteroatoms. The lowest BCUT2D eigenvalue weighted by Crippen LogP contribution is -2.07. The molecule has 0 atom stereocenters. The number of carbonyl (C=O) groups excluding carboxylic acids is 1. The molecule has 3 aromatic carbocycles. The van der Waals surface area contributed by atoms with E-state index in [0.717, 1.165) is 11.4 Å². The van der Waals surface area contributed by atoms with E-state index in [1.54, 1.807) is 45.2 Å². The molecule has 0 spiro atoms. The van der Waals surface area contributed by atoms with Crippen LogP contribution in [0.3, 0.4) is 0 Å². The van der Waals surface area contributed by atoms with Crippen LogP contribution in [0.2, 0.25) is 0 Å². The van der Waals surface area contributed by atoms with Crippen molar-refractivity contribution in [2.75, 3.05) is 26.6 Å². The highest BCUT2D eigenvalue weighted by molar-refractivity contribution is 7.98. The van der Waals surface area contributed by atoms with Crippen LogP contribution >= 0.6 is 11.8 Å². The minimum atomic E-state index is -0.233. The normalized spacial score (nSPS) is 10.7. The monoisotopic (exact) mass is 435 g/mol. The largest absolute Gasteiger partial charge is 0.493 e. The summed E-state index contributed by atoms with van der Waals surface area (Å²) in [6.07, 6.45) is 3.14. The molecular formula is C25H25NO4S. The third kappa shape index (κ3) is 6.06. The molecule has 0 unspecified atom stereocenters. The van der Waals surface area contributed by atoms with Gasteiger partial charge in [-0.2, -0.15) is 0 Å². The predicted octanol–water partition coefficient (Wildman–Crippen LogP) is 5.66. The molecule has 0 heterocycles. The van der Waals surface area contributed by atoms with Crippen LogP contribution in [-0.2, 0) is 10.5 Å². The van der Waals surface area contributed by atoms with Gasteiger partial charge in [-0.3, -0.25) is 4.79 Å². The first-order valence-corrected chi connectivity index (χ1v) is 10.7. The molecule has 31 heavy (non-hydrogen) atoms. The minimum absolute atomic E-state index is 0.233. The van der Waals surface area contributed by atoms with E-state index in [1.807, 2.05) is 48.5 Å². The number of amides is 1. The molecular weight excluding hydrogens is 410 g/mol. The zero-order valence-corrected chi connectivity index (χ0v) is 18.6. The van der Waals surface area contributed by atoms with Gasteiger partial charge in [0, 0.05) is 28.0 Å². The van der Waals surface area contributed by atoms with Crippen molar-refractivity contribution in [3.63, 3.8) is 0 Å². The quantitative estimate of drug-likeness (QED) is 0.347. The number of hydrogen-bond acceptors (Lipinski definition) is 5. The average Bonchev–Trinajstić information content (AvgIpc) is 2.82. The Morgan fingerprint density at radius 3 is 2.23 bits per heavy atom. The maximum atomic E-state index is 12.4. The summed E-state index contributed by atoms with van der Waals surface area (Å²) < 4.78 is 16.1. The van der Waals surface area contributed by atoms with E-state index in [-0.39, 0.29) is 5.91 Å². The van der Waals surface area contributed by atoms with Gasteiger partial charge in [0.15, 0.2) is 11.5 Å². The SMILES string of the molecule is COc1ccc(/C=C/C(=O)Nc2ccc(CSc3ccccc3)cc2)c(OC)c1OC. The van der Waals surface area contributed by atoms with E-state index in [2.05, 4.69) is 17.4 Å². The van der Waals surface area contributed by atoms with E-state index in [4.69, 9.17) is 14.2 Å². The Kier molecular flexibility index (Phi) is 8.01. The fraction of sp³-hybridized carbons (Fsp3) is 0.160. The Hall–Kier alpha value is -3.38. The number of benzene rings is 3. The van der Waals surface area contributed by atoms with Crippen molar-refractivity contribution in [2.45, 2.75) is 10.6 Å². The van der Waals surface area contributed by atoms with Gasteiger partial charge in [0.1, 0.15) is 0 Å². The number of rotatable bonds is 9. The van der Waals surface area contributed by atoms with Crippen molar-refractivity contribution in [2.24, 2.45) is 0 Å². The fourth-order valence-electron chi connectivity index (χ4n) is 2.97. The van der Waals surface area contributed by atoms with Gasteiger partial charge in [0.05, 0.1) is 21.3 Å². The van der Waals surface area contributed by atoms with Crippen molar-refractivity contribution >= 4 is 29.4 Å². The molecule has 0 aliphatic rings. The molecule has 0 radical (unpaired) electrons. The van der Waals surface area contributed by atoms with Crippen LogP contribution in [0.4, 0.5) is 5.69 Å². The van der Waals surface area contributed by atoms with E-state index < -0.39 is 0 Å². The second-order valence-corrected chi connectivity index (χ2v) is 7.59. The van der Waals surface area contributed by atoms with E-state index >= 15 is 0 Å². The van der Waals surface area contributed by atoms with Gasteiger partial charge >= 0.3 is 0 Å². The number of carbonyl (C=O) groups is 1. The second-order valence-electron chi connectivity index (χ2n) is 6.54. The highest BCUT2D eigenvalue weighted by Gasteiger charge is 2.14. The van der Waals surface area contributed by atoms with Crippen molar-refractivity contribution in [3.05, 3.63) is 83.9 Å². The molecule has 0 aromatic heterocycles. The predicted molar refractivity (Wildman–Crippen MR) is 126 cm³/mol. The van der Waals surface area contributed by atoms with Gasteiger partial charge < -0.3 is 19.5 Å². The number of thioether (sulfide) groups is 1. The summed E-state index contributed by atoms with van der Waals surface area (Å²) in [6.45, 7) is 0. The number of anilines is 1. The topological polar surface area (TPSA) is 56.8 Å². The lowest BCUT2D eigenvalue weighted by Gasteiger charge is -2.14. The molecule has 0 saturated carbocycles. The van der Waals surface area contributed by atoms with Crippen molar-refractivity contribution in [1.29, 1.82) is 0 Å². The van der Waals surface area contributed by atoms with Gasteiger partial charge in [-0.15, -0.1) is 11.8 Å². The second kappa shape index (κ2) is 11.1. The van der Waals surface area contributed by atoms with Crippen LogP contribution in [0.15, 0.2) is 77.7 Å². The molecule has 1 N–H and O–H groups in total. The molecule has 0 bridgehead atoms. The number of methoxy groups -OCH3 is 3. The van der Waals surface area contributed by atoms with Crippen LogP contribution in [0.5, 0.6) is 17.2 Å². The van der Waals surface area contributed by atoms with Gasteiger partial charge in [-0.25, -0.2) is 0 Å². The molecule has 3 aromatic rings. The molecule has 0 aliphatic carbocycles. The van der Waals surface area contributed by atoms with Gasteiger partial charge in [0.2, 0.25) is 11.7 Å². The fourth-order valence-corrected chi connectivity index (χ4v) is 3.85. The first kappa shape index (κ1) is 22.3. The Morgan fingerprint density at radius 1 is 0.871 bits per heavy atom. The third-order valence-electron chi connectivity index (χ3n) is 4.52. The summed E-state index contributed by atoms with van der Waals surface area (Å²) in [5.74, 6) is 2.19. The molecule has 0 fully saturated rings.